The smallest absolute Gasteiger partial charge is 0.328 e. The van der Waals surface area contributed by atoms with Gasteiger partial charge in [0.05, 0.1) is 0 Å². The molecule has 0 saturated heterocycles. The quantitative estimate of drug-likeness (QED) is 0.135. The third-order valence-electron chi connectivity index (χ3n) is 4.26. The summed E-state index contributed by atoms with van der Waals surface area (Å²) in [6, 6.07) is 0. The van der Waals surface area contributed by atoms with Gasteiger partial charge in [0.1, 0.15) is 0 Å². The van der Waals surface area contributed by atoms with E-state index in [1.165, 1.54) is 0 Å². The van der Waals surface area contributed by atoms with Gasteiger partial charge in [-0.25, -0.2) is 4.79 Å². The maximum Gasteiger partial charge on any atom is 0.328 e. The van der Waals surface area contributed by atoms with Crippen LogP contribution in [0.4, 0.5) is 0 Å². The molecule has 6 nitrogen and oxygen atoms in total. The van der Waals surface area contributed by atoms with E-state index in [0.29, 0.717) is 19.4 Å². The summed E-state index contributed by atoms with van der Waals surface area (Å²) in [7, 11) is 0. The van der Waals surface area contributed by atoms with E-state index in [0.717, 1.165) is 50.7 Å². The van der Waals surface area contributed by atoms with Crippen LogP contribution in [0.5, 0.6) is 0 Å². The Hall–Kier alpha value is -3.41. The molecule has 34 heavy (non-hydrogen) atoms. The topological polar surface area (TPSA) is 95.5 Å². The first-order chi connectivity index (χ1) is 16.6. The summed E-state index contributed by atoms with van der Waals surface area (Å²) >= 11 is 0. The van der Waals surface area contributed by atoms with Gasteiger partial charge in [-0.2, -0.15) is 0 Å². The van der Waals surface area contributed by atoms with Gasteiger partial charge >= 0.3 is 5.97 Å². The Balaban J connectivity index is 3.64. The first-order valence-electron chi connectivity index (χ1n) is 11.9. The summed E-state index contributed by atoms with van der Waals surface area (Å²) in [6.45, 7) is 2.69. The van der Waals surface area contributed by atoms with Crippen LogP contribution in [0.1, 0.15) is 58.3 Å². The molecular weight excluding hydrogens is 428 g/mol. The fraction of sp³-hybridized carbons (Fsp3) is 0.393. The van der Waals surface area contributed by atoms with Gasteiger partial charge in [-0.05, 0) is 44.9 Å². The van der Waals surface area contributed by atoms with Crippen molar-refractivity contribution in [1.82, 2.24) is 10.6 Å². The number of carbonyl (C=O) groups is 3. The highest BCUT2D eigenvalue weighted by Crippen LogP contribution is 1.97. The van der Waals surface area contributed by atoms with Crippen molar-refractivity contribution in [2.24, 2.45) is 0 Å². The van der Waals surface area contributed by atoms with Gasteiger partial charge in [0.15, 0.2) is 0 Å². The van der Waals surface area contributed by atoms with Gasteiger partial charge in [0.25, 0.3) is 0 Å². The zero-order valence-corrected chi connectivity index (χ0v) is 20.3. The Morgan fingerprint density at radius 3 is 1.53 bits per heavy atom. The number of rotatable bonds is 19. The van der Waals surface area contributed by atoms with E-state index in [1.54, 1.807) is 0 Å². The summed E-state index contributed by atoms with van der Waals surface area (Å²) < 4.78 is 0. The number of carbonyl (C=O) groups excluding carboxylic acids is 2. The summed E-state index contributed by atoms with van der Waals surface area (Å²) in [5.41, 5.74) is 0. The van der Waals surface area contributed by atoms with Crippen molar-refractivity contribution in [3.05, 3.63) is 85.1 Å². The lowest BCUT2D eigenvalue weighted by atomic mass is 10.2. The fourth-order valence-electron chi connectivity index (χ4n) is 2.54. The molecule has 0 atom stereocenters. The van der Waals surface area contributed by atoms with Gasteiger partial charge in [-0.1, -0.05) is 79.8 Å². The molecule has 0 saturated carbocycles. The minimum Gasteiger partial charge on any atom is -0.478 e. The Morgan fingerprint density at radius 1 is 0.618 bits per heavy atom. The zero-order valence-electron chi connectivity index (χ0n) is 20.3. The molecule has 0 aromatic heterocycles. The van der Waals surface area contributed by atoms with Crippen molar-refractivity contribution in [1.29, 1.82) is 0 Å². The molecule has 0 aromatic carbocycles. The third-order valence-corrected chi connectivity index (χ3v) is 4.26. The van der Waals surface area contributed by atoms with Crippen molar-refractivity contribution in [3.8, 4) is 0 Å². The summed E-state index contributed by atoms with van der Waals surface area (Å²) in [5.74, 6) is -1.78. The van der Waals surface area contributed by atoms with Gasteiger partial charge in [0.2, 0.25) is 11.8 Å². The molecule has 0 bridgehead atoms. The Bertz CT molecular complexity index is 771. The van der Waals surface area contributed by atoms with Crippen molar-refractivity contribution in [2.75, 3.05) is 13.1 Å². The maximum atomic E-state index is 11.7. The molecule has 186 valence electrons. The van der Waals surface area contributed by atoms with Crippen LogP contribution in [0, 0.1) is 0 Å². The molecule has 0 aromatic rings. The highest BCUT2D eigenvalue weighted by Gasteiger charge is 2.00. The van der Waals surface area contributed by atoms with E-state index >= 15 is 0 Å². The Labute approximate surface area is 204 Å². The van der Waals surface area contributed by atoms with Gasteiger partial charge < -0.3 is 15.7 Å². The SMILES string of the molecule is CC/C=C\C/C=C\C/C=C\C/C=C\C/C=C\C/C=C\CCC(=O)NCCNC(=O)/C=C/C(=O)O. The second-order valence-electron chi connectivity index (χ2n) is 7.27. The lowest BCUT2D eigenvalue weighted by Gasteiger charge is -2.04. The molecule has 6 heteroatoms. The number of allylic oxidation sites excluding steroid dienone is 12. The van der Waals surface area contributed by atoms with E-state index < -0.39 is 11.9 Å². The number of aliphatic carboxylic acids is 1. The van der Waals surface area contributed by atoms with Crippen LogP contribution >= 0.6 is 0 Å². The van der Waals surface area contributed by atoms with Gasteiger partial charge in [-0.15, -0.1) is 0 Å². The predicted molar refractivity (Wildman–Crippen MR) is 140 cm³/mol. The Kier molecular flexibility index (Phi) is 21.8. The van der Waals surface area contributed by atoms with Crippen LogP contribution < -0.4 is 10.6 Å². The molecular formula is C28H40N2O4. The van der Waals surface area contributed by atoms with Crippen LogP contribution in [0.25, 0.3) is 0 Å². The molecule has 0 unspecified atom stereocenters. The highest BCUT2D eigenvalue weighted by atomic mass is 16.4. The number of amides is 2. The van der Waals surface area contributed by atoms with E-state index in [1.807, 2.05) is 12.2 Å². The van der Waals surface area contributed by atoms with Crippen molar-refractivity contribution in [3.63, 3.8) is 0 Å². The molecule has 0 fully saturated rings. The predicted octanol–water partition coefficient (Wildman–Crippen LogP) is 5.34. The molecule has 0 aliphatic rings. The minimum absolute atomic E-state index is 0.0881. The average molecular weight is 469 g/mol. The standard InChI is InChI=1S/C28H40N2O4/c1-2-3-4-5-6-7-8-9-10-11-12-13-14-15-16-17-18-19-20-21-26(31)29-24-25-30-27(32)22-23-28(33)34/h3-4,6-7,9-10,12-13,15-16,18-19,22-23H,2,5,8,11,14,17,20-21,24-25H2,1H3,(H,29,31)(H,30,32)(H,33,34)/b4-3-,7-6-,10-9-,13-12-,16-15-,19-18-,23-22+. The second-order valence-corrected chi connectivity index (χ2v) is 7.27. The second kappa shape index (κ2) is 24.2. The number of carboxylic acid groups (broad SMARTS) is 1. The van der Waals surface area contributed by atoms with Crippen LogP contribution in [0.3, 0.4) is 0 Å². The molecule has 0 heterocycles. The van der Waals surface area contributed by atoms with Crippen molar-refractivity contribution >= 4 is 17.8 Å². The maximum absolute atomic E-state index is 11.7. The molecule has 0 spiro atoms. The molecule has 2 amide bonds. The lowest BCUT2D eigenvalue weighted by molar-refractivity contribution is -0.131. The third kappa shape index (κ3) is 24.9. The van der Waals surface area contributed by atoms with Gasteiger partial charge in [-0.3, -0.25) is 9.59 Å². The molecule has 0 aliphatic heterocycles. The van der Waals surface area contributed by atoms with Crippen LogP contribution in [-0.2, 0) is 14.4 Å². The van der Waals surface area contributed by atoms with Crippen LogP contribution in [0.15, 0.2) is 85.1 Å². The number of hydrogen-bond donors (Lipinski definition) is 3. The number of hydrogen-bond acceptors (Lipinski definition) is 3. The normalized spacial score (nSPS) is 12.5. The highest BCUT2D eigenvalue weighted by molar-refractivity contribution is 5.93. The largest absolute Gasteiger partial charge is 0.478 e. The first-order valence-corrected chi connectivity index (χ1v) is 11.9. The molecule has 0 radical (unpaired) electrons. The van der Waals surface area contributed by atoms with Crippen molar-refractivity contribution < 1.29 is 19.5 Å². The average Bonchev–Trinajstić information content (AvgIpc) is 2.82. The van der Waals surface area contributed by atoms with E-state index in [9.17, 15) is 14.4 Å². The summed E-state index contributed by atoms with van der Waals surface area (Å²) in [4.78, 5) is 33.2. The van der Waals surface area contributed by atoms with Crippen molar-refractivity contribution in [2.45, 2.75) is 58.3 Å². The molecule has 0 rings (SSSR count). The monoisotopic (exact) mass is 468 g/mol. The van der Waals surface area contributed by atoms with E-state index in [4.69, 9.17) is 5.11 Å². The van der Waals surface area contributed by atoms with Crippen LogP contribution in [0.2, 0.25) is 0 Å². The Morgan fingerprint density at radius 2 is 1.06 bits per heavy atom. The molecule has 3 N–H and O–H groups in total. The lowest BCUT2D eigenvalue weighted by Crippen LogP contribution is -2.33. The number of carboxylic acids is 1. The minimum atomic E-state index is -1.18. The summed E-state index contributed by atoms with van der Waals surface area (Å²) in [6.07, 6.45) is 34.2. The van der Waals surface area contributed by atoms with Crippen LogP contribution in [-0.4, -0.2) is 36.0 Å². The van der Waals surface area contributed by atoms with E-state index in [-0.39, 0.29) is 12.5 Å². The summed E-state index contributed by atoms with van der Waals surface area (Å²) in [5, 5.41) is 13.6. The fourth-order valence-corrected chi connectivity index (χ4v) is 2.54. The molecule has 0 aliphatic carbocycles. The van der Waals surface area contributed by atoms with E-state index in [2.05, 4.69) is 78.3 Å². The zero-order chi connectivity index (χ0) is 25.1. The first kappa shape index (κ1) is 30.6. The number of nitrogens with one attached hydrogen (secondary N) is 2. The van der Waals surface area contributed by atoms with Gasteiger partial charge in [0, 0.05) is 31.7 Å².